The summed E-state index contributed by atoms with van der Waals surface area (Å²) in [6.07, 6.45) is 9.20. The summed E-state index contributed by atoms with van der Waals surface area (Å²) in [7, 11) is -0.178. The molecule has 0 fully saturated rings. The summed E-state index contributed by atoms with van der Waals surface area (Å²) in [5.74, 6) is 0. The van der Waals surface area contributed by atoms with Gasteiger partial charge in [0.05, 0.1) is 13.8 Å². The topological polar surface area (TPSA) is 0 Å². The van der Waals surface area contributed by atoms with Crippen molar-refractivity contribution in [3.63, 3.8) is 0 Å². The molecule has 0 aliphatic heterocycles. The highest BCUT2D eigenvalue weighted by atomic mass is 31.1. The molecule has 0 aliphatic carbocycles. The Bertz CT molecular complexity index is 187. The van der Waals surface area contributed by atoms with Gasteiger partial charge in [0.1, 0.15) is 18.5 Å². The van der Waals surface area contributed by atoms with Gasteiger partial charge in [0.15, 0.2) is 0 Å². The second kappa shape index (κ2) is 8.17. The summed E-state index contributed by atoms with van der Waals surface area (Å²) in [6.45, 7) is 7.99. The smallest absolute Gasteiger partial charge is 0.126 e. The molecule has 2 heteroatoms. The van der Waals surface area contributed by atoms with Crippen LogP contribution in [0.2, 0.25) is 0 Å². The summed E-state index contributed by atoms with van der Waals surface area (Å²) in [5.41, 5.74) is 1.05. The number of allylic oxidation sites excluding steroid dienone is 1. The summed E-state index contributed by atoms with van der Waals surface area (Å²) in [4.78, 5) is 0. The molecule has 0 N–H and O–H groups in total. The van der Waals surface area contributed by atoms with Gasteiger partial charge in [0, 0.05) is 6.42 Å². The van der Waals surface area contributed by atoms with E-state index in [9.17, 15) is 4.39 Å². The second-order valence-corrected chi connectivity index (χ2v) is 5.97. The van der Waals surface area contributed by atoms with E-state index in [1.54, 1.807) is 0 Å². The largest absolute Gasteiger partial charge is 0.247 e. The standard InChI is InChI=1S/C12H23FP/c1-5-7-8-14(4)10-11(3)9-12(13)6-2/h12H,3-10H2,1-2H3/q+1. The van der Waals surface area contributed by atoms with Crippen LogP contribution in [0, 0.1) is 0 Å². The molecule has 0 heterocycles. The van der Waals surface area contributed by atoms with Crippen molar-refractivity contribution in [2.75, 3.05) is 12.3 Å². The van der Waals surface area contributed by atoms with Crippen LogP contribution in [0.5, 0.6) is 0 Å². The SMILES string of the molecule is C=C(CC(F)CC)C[P+](=C)CCCC. The van der Waals surface area contributed by atoms with Gasteiger partial charge < -0.3 is 0 Å². The molecule has 2 unspecified atom stereocenters. The first-order valence-electron chi connectivity index (χ1n) is 5.46. The maximum atomic E-state index is 13.0. The van der Waals surface area contributed by atoms with Crippen molar-refractivity contribution >= 4 is 13.8 Å². The minimum absolute atomic E-state index is 0.178. The van der Waals surface area contributed by atoms with E-state index in [1.807, 2.05) is 6.92 Å². The van der Waals surface area contributed by atoms with Gasteiger partial charge in [-0.05, 0) is 18.4 Å². The zero-order valence-corrected chi connectivity index (χ0v) is 10.5. The molecule has 0 aromatic heterocycles. The molecule has 0 aromatic rings. The lowest BCUT2D eigenvalue weighted by atomic mass is 10.1. The minimum Gasteiger partial charge on any atom is -0.247 e. The third-order valence-electron chi connectivity index (χ3n) is 2.23. The van der Waals surface area contributed by atoms with Crippen molar-refractivity contribution < 1.29 is 4.39 Å². The summed E-state index contributed by atoms with van der Waals surface area (Å²) in [5, 5.41) is 0. The van der Waals surface area contributed by atoms with Crippen LogP contribution in [0.4, 0.5) is 4.39 Å². The fourth-order valence-corrected chi connectivity index (χ4v) is 2.98. The predicted molar refractivity (Wildman–Crippen MR) is 67.6 cm³/mol. The lowest BCUT2D eigenvalue weighted by Gasteiger charge is -2.05. The molecule has 0 bridgehead atoms. The monoisotopic (exact) mass is 217 g/mol. The van der Waals surface area contributed by atoms with Gasteiger partial charge in [0.2, 0.25) is 0 Å². The predicted octanol–water partition coefficient (Wildman–Crippen LogP) is 4.39. The first-order chi connectivity index (χ1) is 6.60. The molecule has 0 spiro atoms. The van der Waals surface area contributed by atoms with E-state index in [1.165, 1.54) is 19.0 Å². The molecule has 0 radical (unpaired) electrons. The van der Waals surface area contributed by atoms with Gasteiger partial charge in [-0.1, -0.05) is 26.8 Å². The Hall–Kier alpha value is -0.160. The van der Waals surface area contributed by atoms with Gasteiger partial charge in [-0.3, -0.25) is 0 Å². The van der Waals surface area contributed by atoms with Crippen molar-refractivity contribution in [1.29, 1.82) is 0 Å². The van der Waals surface area contributed by atoms with E-state index in [2.05, 4.69) is 19.8 Å². The molecule has 0 amide bonds. The van der Waals surface area contributed by atoms with Crippen molar-refractivity contribution in [3.8, 4) is 0 Å². The van der Waals surface area contributed by atoms with E-state index in [-0.39, 0.29) is 7.55 Å². The fraction of sp³-hybridized carbons (Fsp3) is 0.750. The van der Waals surface area contributed by atoms with Crippen LogP contribution >= 0.6 is 7.55 Å². The summed E-state index contributed by atoms with van der Waals surface area (Å²) < 4.78 is 13.0. The molecular formula is C12H23FP+. The molecule has 82 valence electrons. The average Bonchev–Trinajstić information content (AvgIpc) is 2.14. The van der Waals surface area contributed by atoms with Crippen LogP contribution in [0.3, 0.4) is 0 Å². The Balaban J connectivity index is 3.66. The number of hydrogen-bond donors (Lipinski definition) is 0. The molecule has 0 saturated carbocycles. The highest BCUT2D eigenvalue weighted by Crippen LogP contribution is 2.26. The van der Waals surface area contributed by atoms with Crippen LogP contribution in [-0.4, -0.2) is 24.8 Å². The van der Waals surface area contributed by atoms with Gasteiger partial charge in [-0.2, -0.15) is 0 Å². The van der Waals surface area contributed by atoms with E-state index in [4.69, 9.17) is 0 Å². The molecule has 2 atom stereocenters. The molecule has 14 heavy (non-hydrogen) atoms. The number of alkyl halides is 1. The van der Waals surface area contributed by atoms with Crippen molar-refractivity contribution in [1.82, 2.24) is 0 Å². The van der Waals surface area contributed by atoms with Crippen LogP contribution in [-0.2, 0) is 0 Å². The third kappa shape index (κ3) is 7.26. The van der Waals surface area contributed by atoms with Crippen LogP contribution in [0.25, 0.3) is 0 Å². The van der Waals surface area contributed by atoms with Gasteiger partial charge >= 0.3 is 0 Å². The van der Waals surface area contributed by atoms with E-state index < -0.39 is 6.17 Å². The van der Waals surface area contributed by atoms with Crippen molar-refractivity contribution in [2.24, 2.45) is 0 Å². The van der Waals surface area contributed by atoms with Gasteiger partial charge in [0.25, 0.3) is 0 Å². The van der Waals surface area contributed by atoms with E-state index in [0.717, 1.165) is 11.7 Å². The lowest BCUT2D eigenvalue weighted by Crippen LogP contribution is -2.01. The zero-order valence-electron chi connectivity index (χ0n) is 9.56. The molecule has 0 aliphatic rings. The molecule has 0 aromatic carbocycles. The van der Waals surface area contributed by atoms with Crippen molar-refractivity contribution in [3.05, 3.63) is 12.2 Å². The average molecular weight is 217 g/mol. The van der Waals surface area contributed by atoms with Crippen LogP contribution < -0.4 is 0 Å². The van der Waals surface area contributed by atoms with Crippen LogP contribution in [0.15, 0.2) is 12.2 Å². The first kappa shape index (κ1) is 13.8. The first-order valence-corrected chi connectivity index (χ1v) is 7.36. The number of rotatable bonds is 8. The molecule has 0 saturated heterocycles. The second-order valence-electron chi connectivity index (χ2n) is 3.87. The minimum atomic E-state index is -0.697. The van der Waals surface area contributed by atoms with Gasteiger partial charge in [-0.15, -0.1) is 0 Å². The van der Waals surface area contributed by atoms with E-state index in [0.29, 0.717) is 12.8 Å². The number of unbranched alkanes of at least 4 members (excludes halogenated alkanes) is 1. The highest BCUT2D eigenvalue weighted by molar-refractivity contribution is 7.56. The van der Waals surface area contributed by atoms with Crippen LogP contribution in [0.1, 0.15) is 39.5 Å². The highest BCUT2D eigenvalue weighted by Gasteiger charge is 2.12. The maximum Gasteiger partial charge on any atom is 0.126 e. The number of hydrogen-bond acceptors (Lipinski definition) is 0. The Kier molecular flexibility index (Phi) is 8.08. The normalized spacial score (nSPS) is 13.8. The molecule has 0 nitrogen and oxygen atoms in total. The van der Waals surface area contributed by atoms with Crippen molar-refractivity contribution in [2.45, 2.75) is 45.7 Å². The Morgan fingerprint density at radius 1 is 1.43 bits per heavy atom. The fourth-order valence-electron chi connectivity index (χ4n) is 1.30. The Morgan fingerprint density at radius 2 is 2.07 bits per heavy atom. The molecular weight excluding hydrogens is 194 g/mol. The Labute approximate surface area is 89.0 Å². The number of halogens is 1. The van der Waals surface area contributed by atoms with Gasteiger partial charge in [-0.25, -0.2) is 4.39 Å². The molecule has 0 rings (SSSR count). The Morgan fingerprint density at radius 3 is 2.57 bits per heavy atom. The lowest BCUT2D eigenvalue weighted by molar-refractivity contribution is 0.323. The van der Waals surface area contributed by atoms with E-state index >= 15 is 0 Å². The summed E-state index contributed by atoms with van der Waals surface area (Å²) in [6, 6.07) is 0. The third-order valence-corrected chi connectivity index (χ3v) is 4.07. The quantitative estimate of drug-likeness (QED) is 0.417. The maximum absolute atomic E-state index is 13.0. The summed E-state index contributed by atoms with van der Waals surface area (Å²) >= 11 is 0. The zero-order chi connectivity index (χ0) is 11.0.